The smallest absolute Gasteiger partial charge is 0.524 e. The number of nitrogens with one attached hydrogen (secondary N) is 1. The van der Waals surface area contributed by atoms with Crippen LogP contribution >= 0.6 is 7.82 Å². The number of carbonyl (C=O) groups is 3. The zero-order chi connectivity index (χ0) is 42.7. The monoisotopic (exact) mass is 858 g/mol. The molecular formula is C45H43N6O8PS. The van der Waals surface area contributed by atoms with E-state index in [0.29, 0.717) is 21.5 Å². The Morgan fingerprint density at radius 1 is 0.885 bits per heavy atom. The summed E-state index contributed by atoms with van der Waals surface area (Å²) in [5.41, 5.74) is 4.62. The van der Waals surface area contributed by atoms with Crippen LogP contribution in [0.2, 0.25) is 0 Å². The van der Waals surface area contributed by atoms with E-state index in [1.807, 2.05) is 103 Å². The van der Waals surface area contributed by atoms with Crippen LogP contribution in [-0.4, -0.2) is 87.8 Å². The van der Waals surface area contributed by atoms with Gasteiger partial charge in [0.2, 0.25) is 11.8 Å². The van der Waals surface area contributed by atoms with Crippen molar-refractivity contribution in [2.24, 2.45) is 0 Å². The zero-order valence-electron chi connectivity index (χ0n) is 32.9. The molecule has 8 rings (SSSR count). The first-order valence-electron chi connectivity index (χ1n) is 19.6. The Labute approximate surface area is 355 Å². The van der Waals surface area contributed by atoms with E-state index in [0.717, 1.165) is 22.1 Å². The molecule has 0 bridgehead atoms. The third-order valence-corrected chi connectivity index (χ3v) is 12.5. The maximum absolute atomic E-state index is 15.0. The zero-order valence-corrected chi connectivity index (χ0v) is 34.6. The van der Waals surface area contributed by atoms with Gasteiger partial charge in [-0.3, -0.25) is 19.4 Å². The fraction of sp³-hybridized carbons (Fsp3) is 0.178. The van der Waals surface area contributed by atoms with E-state index >= 15 is 0 Å². The highest BCUT2D eigenvalue weighted by atomic mass is 32.2. The summed E-state index contributed by atoms with van der Waals surface area (Å²) in [6, 6.07) is 38.5. The normalized spacial score (nSPS) is 17.6. The van der Waals surface area contributed by atoms with Gasteiger partial charge in [-0.05, 0) is 41.0 Å². The molecule has 16 heteroatoms. The molecule has 2 aliphatic heterocycles. The van der Waals surface area contributed by atoms with E-state index in [1.54, 1.807) is 44.2 Å². The highest BCUT2D eigenvalue weighted by Crippen LogP contribution is 2.39. The number of hydrazine groups is 1. The van der Waals surface area contributed by atoms with Gasteiger partial charge in [0, 0.05) is 42.6 Å². The first kappa shape index (κ1) is 41.5. The van der Waals surface area contributed by atoms with Crippen LogP contribution < -0.4 is 9.84 Å². The molecule has 14 nitrogen and oxygen atoms in total. The number of phosphoric acid groups is 1. The fourth-order valence-electron chi connectivity index (χ4n) is 8.03. The van der Waals surface area contributed by atoms with Gasteiger partial charge < -0.3 is 24.2 Å². The Bertz CT molecular complexity index is 2590. The summed E-state index contributed by atoms with van der Waals surface area (Å²) in [4.78, 5) is 65.9. The van der Waals surface area contributed by atoms with Crippen molar-refractivity contribution in [1.29, 1.82) is 0 Å². The van der Waals surface area contributed by atoms with Crippen molar-refractivity contribution in [3.63, 3.8) is 0 Å². The lowest BCUT2D eigenvalue weighted by Gasteiger charge is -2.55. The van der Waals surface area contributed by atoms with Gasteiger partial charge in [-0.15, -0.1) is 6.58 Å². The van der Waals surface area contributed by atoms with Gasteiger partial charge >= 0.3 is 13.9 Å². The largest absolute Gasteiger partial charge is 0.587 e. The average Bonchev–Trinajstić information content (AvgIpc) is 3.66. The summed E-state index contributed by atoms with van der Waals surface area (Å²) in [5.74, 6) is -0.800. The van der Waals surface area contributed by atoms with E-state index in [9.17, 15) is 33.3 Å². The van der Waals surface area contributed by atoms with Crippen molar-refractivity contribution in [3.8, 4) is 16.9 Å². The molecule has 2 saturated heterocycles. The van der Waals surface area contributed by atoms with Crippen molar-refractivity contribution in [1.82, 2.24) is 29.1 Å². The second-order valence-electron chi connectivity index (χ2n) is 14.7. The van der Waals surface area contributed by atoms with Gasteiger partial charge in [0.05, 0.1) is 19.3 Å². The summed E-state index contributed by atoms with van der Waals surface area (Å²) < 4.78 is 32.4. The standard InChI is InChI=1S/C45H43N6O8PS/c1-2-25-48-31-42(52)50-40(26-32-21-23-36(24-22-32)59-60(55,56)57)44(53)47(30-41(50)51(48)45(54)46-27-33-13-6-3-7-14-33)28-35-17-12-20-38-39(34-15-8-4-9-16-34)29-49(43(35)38)61(58)37-18-10-5-11-19-37/h2-24,29,40-41H,1,25-28,30-31H2,(H,46,54)(H2,55,56,57)/t40-,41-,61+/m0/s1. The lowest BCUT2D eigenvalue weighted by atomic mass is 9.97. The Morgan fingerprint density at radius 3 is 2.23 bits per heavy atom. The fourth-order valence-corrected chi connectivity index (χ4v) is 9.62. The maximum Gasteiger partial charge on any atom is 0.524 e. The summed E-state index contributed by atoms with van der Waals surface area (Å²) in [5, 5.41) is 6.96. The first-order valence-corrected chi connectivity index (χ1v) is 22.2. The number of carbonyl (C=O) groups excluding carboxylic acids is 3. The van der Waals surface area contributed by atoms with Crippen LogP contribution in [0.5, 0.6) is 5.75 Å². The molecule has 0 aliphatic carbocycles. The minimum absolute atomic E-state index is 0.0193. The third-order valence-electron chi connectivity index (χ3n) is 10.7. The predicted molar refractivity (Wildman–Crippen MR) is 231 cm³/mol. The van der Waals surface area contributed by atoms with Crippen LogP contribution in [-0.2, 0) is 45.0 Å². The van der Waals surface area contributed by atoms with Crippen LogP contribution in [0.1, 0.15) is 16.7 Å². The Kier molecular flexibility index (Phi) is 12.1. The van der Waals surface area contributed by atoms with E-state index in [-0.39, 0.29) is 56.7 Å². The van der Waals surface area contributed by atoms with Gasteiger partial charge in [0.15, 0.2) is 4.90 Å². The molecule has 3 heterocycles. The molecule has 6 aromatic rings. The summed E-state index contributed by atoms with van der Waals surface area (Å²) in [7, 11) is -4.82. The number of para-hydroxylation sites is 1. The van der Waals surface area contributed by atoms with E-state index < -0.39 is 37.4 Å². The summed E-state index contributed by atoms with van der Waals surface area (Å²) in [6.45, 7) is 4.07. The number of amides is 4. The van der Waals surface area contributed by atoms with Crippen molar-refractivity contribution >= 4 is 47.9 Å². The molecule has 0 spiro atoms. The van der Waals surface area contributed by atoms with E-state index in [2.05, 4.69) is 11.9 Å². The van der Waals surface area contributed by atoms with Crippen LogP contribution in [0, 0.1) is 0 Å². The lowest BCUT2D eigenvalue weighted by Crippen LogP contribution is -2.76. The second kappa shape index (κ2) is 17.8. The summed E-state index contributed by atoms with van der Waals surface area (Å²) in [6.07, 6.45) is 2.56. The van der Waals surface area contributed by atoms with Crippen LogP contribution in [0.3, 0.4) is 0 Å². The highest BCUT2D eigenvalue weighted by molar-refractivity contribution is 7.90. The van der Waals surface area contributed by atoms with Gasteiger partial charge in [0.25, 0.3) is 0 Å². The summed E-state index contributed by atoms with van der Waals surface area (Å²) >= 11 is -1.67. The number of phosphoric ester groups is 1. The molecule has 312 valence electrons. The molecule has 3 atom stereocenters. The van der Waals surface area contributed by atoms with Gasteiger partial charge in [-0.1, -0.05) is 115 Å². The molecule has 5 aromatic carbocycles. The molecule has 1 aromatic heterocycles. The molecular weight excluding hydrogens is 816 g/mol. The number of nitrogens with zero attached hydrogens (tertiary/aromatic N) is 5. The number of urea groups is 1. The number of piperazine rings is 1. The first-order chi connectivity index (χ1) is 29.5. The molecule has 2 fully saturated rings. The van der Waals surface area contributed by atoms with E-state index in [4.69, 9.17) is 4.52 Å². The van der Waals surface area contributed by atoms with Crippen LogP contribution in [0.4, 0.5) is 4.79 Å². The van der Waals surface area contributed by atoms with Crippen molar-refractivity contribution in [3.05, 3.63) is 169 Å². The number of aromatic nitrogens is 1. The molecule has 3 N–H and O–H groups in total. The van der Waals surface area contributed by atoms with E-state index in [1.165, 1.54) is 22.0 Å². The lowest BCUT2D eigenvalue weighted by molar-refractivity contribution is -0.189. The van der Waals surface area contributed by atoms with Crippen molar-refractivity contribution < 1.29 is 37.8 Å². The molecule has 0 unspecified atom stereocenters. The SMILES string of the molecule is C=CCN1CC(=O)N2[C@@H](Cc3ccc(OP(=O)(O)O)cc3)C(=O)N(Cc3cccc4c(-c5ccccc5)cn([S@+]([O-])c5ccccc5)c34)C[C@@H]2N1C(=O)NCc1ccccc1. The molecule has 0 saturated carbocycles. The third kappa shape index (κ3) is 8.98. The van der Waals surface area contributed by atoms with Crippen LogP contribution in [0.25, 0.3) is 22.0 Å². The predicted octanol–water partition coefficient (Wildman–Crippen LogP) is 6.09. The molecule has 4 amide bonds. The quantitative estimate of drug-likeness (QED) is 0.0707. The van der Waals surface area contributed by atoms with Gasteiger partial charge in [0.1, 0.15) is 34.8 Å². The number of hydrogen-bond donors (Lipinski definition) is 3. The van der Waals surface area contributed by atoms with Crippen LogP contribution in [0.15, 0.2) is 157 Å². The number of fused-ring (bicyclic) bond motifs is 2. The Hall–Kier alpha value is -6.19. The Morgan fingerprint density at radius 2 is 1.56 bits per heavy atom. The number of benzene rings is 5. The topological polar surface area (TPSA) is 171 Å². The Balaban J connectivity index is 1.21. The van der Waals surface area contributed by atoms with Crippen molar-refractivity contribution in [2.45, 2.75) is 36.6 Å². The molecule has 61 heavy (non-hydrogen) atoms. The van der Waals surface area contributed by atoms with Gasteiger partial charge in [-0.25, -0.2) is 19.4 Å². The molecule has 2 aliphatic rings. The minimum Gasteiger partial charge on any atom is -0.587 e. The number of rotatable bonds is 13. The maximum atomic E-state index is 15.0. The molecule has 0 radical (unpaired) electrons. The average molecular weight is 859 g/mol. The van der Waals surface area contributed by atoms with Gasteiger partial charge in [-0.2, -0.15) is 3.97 Å². The van der Waals surface area contributed by atoms with Crippen molar-refractivity contribution in [2.75, 3.05) is 19.6 Å². The number of hydrogen-bond acceptors (Lipinski definition) is 7. The highest BCUT2D eigenvalue weighted by Gasteiger charge is 2.51. The second-order valence-corrected chi connectivity index (χ2v) is 17.2. The minimum atomic E-state index is -4.82.